The Morgan fingerprint density at radius 3 is 2.95 bits per heavy atom. The van der Waals surface area contributed by atoms with Gasteiger partial charge in [0.25, 0.3) is 0 Å². The average Bonchev–Trinajstić information content (AvgIpc) is 3.04. The Hall–Kier alpha value is -2.70. The zero-order valence-corrected chi connectivity index (χ0v) is 11.1. The van der Waals surface area contributed by atoms with Crippen molar-refractivity contribution in [2.45, 2.75) is 13.5 Å². The van der Waals surface area contributed by atoms with Gasteiger partial charge in [-0.05, 0) is 18.6 Å². The summed E-state index contributed by atoms with van der Waals surface area (Å²) in [6, 6.07) is 3.97. The van der Waals surface area contributed by atoms with Gasteiger partial charge in [0.05, 0.1) is 25.5 Å². The van der Waals surface area contributed by atoms with Crippen molar-refractivity contribution in [1.29, 1.82) is 0 Å². The molecule has 7 nitrogen and oxygen atoms in total. The van der Waals surface area contributed by atoms with E-state index >= 15 is 0 Å². The standard InChI is InChI=1S/C13H13N5O2/c1-9-3-4-12-14-10(6-17(12)5-9)7-18-8-11(15-16-18)13(19)20-2/h3-6,8H,7H2,1-2H3. The number of aryl methyl sites for hydroxylation is 1. The number of aromatic nitrogens is 5. The van der Waals surface area contributed by atoms with E-state index in [4.69, 9.17) is 0 Å². The zero-order chi connectivity index (χ0) is 14.1. The van der Waals surface area contributed by atoms with Gasteiger partial charge in [-0.25, -0.2) is 14.5 Å². The second-order valence-electron chi connectivity index (χ2n) is 4.50. The second-order valence-corrected chi connectivity index (χ2v) is 4.50. The zero-order valence-electron chi connectivity index (χ0n) is 11.1. The molecule has 0 aliphatic heterocycles. The van der Waals surface area contributed by atoms with Crippen LogP contribution in [0.25, 0.3) is 5.65 Å². The molecule has 0 spiro atoms. The number of imidazole rings is 1. The van der Waals surface area contributed by atoms with Gasteiger partial charge in [0, 0.05) is 12.4 Å². The van der Waals surface area contributed by atoms with Crippen LogP contribution in [-0.2, 0) is 11.3 Å². The van der Waals surface area contributed by atoms with Crippen molar-refractivity contribution < 1.29 is 9.53 Å². The first-order valence-electron chi connectivity index (χ1n) is 6.08. The molecule has 3 aromatic heterocycles. The molecule has 0 radical (unpaired) electrons. The number of nitrogens with zero attached hydrogens (tertiary/aromatic N) is 5. The van der Waals surface area contributed by atoms with Gasteiger partial charge in [-0.1, -0.05) is 11.3 Å². The average molecular weight is 271 g/mol. The Kier molecular flexibility index (Phi) is 2.94. The molecule has 0 amide bonds. The minimum Gasteiger partial charge on any atom is -0.464 e. The van der Waals surface area contributed by atoms with Crippen LogP contribution in [-0.4, -0.2) is 37.5 Å². The van der Waals surface area contributed by atoms with Gasteiger partial charge in [0.15, 0.2) is 5.69 Å². The topological polar surface area (TPSA) is 74.3 Å². The molecule has 3 aromatic rings. The van der Waals surface area contributed by atoms with Crippen molar-refractivity contribution >= 4 is 11.6 Å². The minimum absolute atomic E-state index is 0.187. The maximum Gasteiger partial charge on any atom is 0.360 e. The van der Waals surface area contributed by atoms with Gasteiger partial charge < -0.3 is 9.14 Å². The lowest BCUT2D eigenvalue weighted by molar-refractivity contribution is 0.0594. The van der Waals surface area contributed by atoms with Crippen molar-refractivity contribution in [1.82, 2.24) is 24.4 Å². The van der Waals surface area contributed by atoms with E-state index in [1.165, 1.54) is 7.11 Å². The Bertz CT molecular complexity index is 774. The monoisotopic (exact) mass is 271 g/mol. The number of esters is 1. The summed E-state index contributed by atoms with van der Waals surface area (Å²) in [5.74, 6) is -0.498. The summed E-state index contributed by atoms with van der Waals surface area (Å²) in [7, 11) is 1.31. The fourth-order valence-corrected chi connectivity index (χ4v) is 1.97. The summed E-state index contributed by atoms with van der Waals surface area (Å²) in [5, 5.41) is 7.64. The van der Waals surface area contributed by atoms with E-state index in [1.807, 2.05) is 35.9 Å². The van der Waals surface area contributed by atoms with Crippen molar-refractivity contribution in [3.8, 4) is 0 Å². The number of hydrogen-bond acceptors (Lipinski definition) is 5. The fourth-order valence-electron chi connectivity index (χ4n) is 1.97. The number of pyridine rings is 1. The van der Waals surface area contributed by atoms with Crippen LogP contribution in [0.3, 0.4) is 0 Å². The number of methoxy groups -OCH3 is 1. The Morgan fingerprint density at radius 2 is 2.15 bits per heavy atom. The van der Waals surface area contributed by atoms with Gasteiger partial charge >= 0.3 is 5.97 Å². The summed E-state index contributed by atoms with van der Waals surface area (Å²) < 4.78 is 8.10. The van der Waals surface area contributed by atoms with Crippen LogP contribution in [0.2, 0.25) is 0 Å². The van der Waals surface area contributed by atoms with E-state index in [9.17, 15) is 4.79 Å². The first kappa shape index (κ1) is 12.3. The molecular formula is C13H13N5O2. The molecule has 0 aliphatic carbocycles. The van der Waals surface area contributed by atoms with Gasteiger partial charge in [0.2, 0.25) is 0 Å². The maximum atomic E-state index is 11.3. The van der Waals surface area contributed by atoms with E-state index in [2.05, 4.69) is 20.0 Å². The summed E-state index contributed by atoms with van der Waals surface area (Å²) in [6.45, 7) is 2.48. The molecule has 0 saturated carbocycles. The molecule has 3 rings (SSSR count). The number of carbonyl (C=O) groups is 1. The van der Waals surface area contributed by atoms with Crippen LogP contribution in [0, 0.1) is 6.92 Å². The molecule has 0 unspecified atom stereocenters. The third kappa shape index (κ3) is 2.25. The van der Waals surface area contributed by atoms with Gasteiger partial charge in [-0.15, -0.1) is 5.10 Å². The molecule has 20 heavy (non-hydrogen) atoms. The number of rotatable bonds is 3. The predicted octanol–water partition coefficient (Wildman–Crippen LogP) is 1.07. The highest BCUT2D eigenvalue weighted by molar-refractivity contribution is 5.86. The van der Waals surface area contributed by atoms with Crippen LogP contribution in [0.5, 0.6) is 0 Å². The highest BCUT2D eigenvalue weighted by atomic mass is 16.5. The van der Waals surface area contributed by atoms with E-state index < -0.39 is 5.97 Å². The number of carbonyl (C=O) groups excluding carboxylic acids is 1. The third-order valence-corrected chi connectivity index (χ3v) is 2.91. The molecular weight excluding hydrogens is 258 g/mol. The first-order valence-corrected chi connectivity index (χ1v) is 6.08. The normalized spacial score (nSPS) is 10.9. The van der Waals surface area contributed by atoms with Gasteiger partial charge in [0.1, 0.15) is 5.65 Å². The predicted molar refractivity (Wildman–Crippen MR) is 70.4 cm³/mol. The fraction of sp³-hybridized carbons (Fsp3) is 0.231. The van der Waals surface area contributed by atoms with Crippen molar-refractivity contribution in [2.75, 3.05) is 7.11 Å². The van der Waals surface area contributed by atoms with Gasteiger partial charge in [-0.2, -0.15) is 0 Å². The molecule has 0 bridgehead atoms. The van der Waals surface area contributed by atoms with E-state index in [0.29, 0.717) is 6.54 Å². The summed E-state index contributed by atoms with van der Waals surface area (Å²) >= 11 is 0. The van der Waals surface area contributed by atoms with Crippen LogP contribution in [0.4, 0.5) is 0 Å². The van der Waals surface area contributed by atoms with E-state index in [-0.39, 0.29) is 5.69 Å². The van der Waals surface area contributed by atoms with E-state index in [1.54, 1.807) is 10.9 Å². The number of ether oxygens (including phenoxy) is 1. The Labute approximate surface area is 114 Å². The van der Waals surface area contributed by atoms with Crippen LogP contribution in [0.15, 0.2) is 30.7 Å². The smallest absolute Gasteiger partial charge is 0.360 e. The largest absolute Gasteiger partial charge is 0.464 e. The maximum absolute atomic E-state index is 11.3. The second kappa shape index (κ2) is 4.76. The highest BCUT2D eigenvalue weighted by Gasteiger charge is 2.11. The molecule has 0 atom stereocenters. The lowest BCUT2D eigenvalue weighted by Crippen LogP contribution is -2.02. The van der Waals surface area contributed by atoms with Crippen LogP contribution >= 0.6 is 0 Å². The van der Waals surface area contributed by atoms with Gasteiger partial charge in [-0.3, -0.25) is 0 Å². The molecule has 0 fully saturated rings. The lowest BCUT2D eigenvalue weighted by Gasteiger charge is -1.94. The Morgan fingerprint density at radius 1 is 1.30 bits per heavy atom. The molecule has 3 heterocycles. The molecule has 0 saturated heterocycles. The molecule has 7 heteroatoms. The third-order valence-electron chi connectivity index (χ3n) is 2.91. The van der Waals surface area contributed by atoms with Crippen LogP contribution < -0.4 is 0 Å². The molecule has 102 valence electrons. The van der Waals surface area contributed by atoms with Crippen LogP contribution in [0.1, 0.15) is 21.7 Å². The Balaban J connectivity index is 1.85. The van der Waals surface area contributed by atoms with Crippen molar-refractivity contribution in [3.63, 3.8) is 0 Å². The molecule has 0 aliphatic rings. The quantitative estimate of drug-likeness (QED) is 0.666. The summed E-state index contributed by atoms with van der Waals surface area (Å²) in [6.07, 6.45) is 5.48. The number of fused-ring (bicyclic) bond motifs is 1. The molecule has 0 N–H and O–H groups in total. The number of hydrogen-bond donors (Lipinski definition) is 0. The van der Waals surface area contributed by atoms with E-state index in [0.717, 1.165) is 16.9 Å². The van der Waals surface area contributed by atoms with Crippen molar-refractivity contribution in [3.05, 3.63) is 47.7 Å². The summed E-state index contributed by atoms with van der Waals surface area (Å²) in [5.41, 5.74) is 3.07. The first-order chi connectivity index (χ1) is 9.65. The SMILES string of the molecule is COC(=O)c1cn(Cc2cn3cc(C)ccc3n2)nn1. The summed E-state index contributed by atoms with van der Waals surface area (Å²) in [4.78, 5) is 15.8. The van der Waals surface area contributed by atoms with Crippen molar-refractivity contribution in [2.24, 2.45) is 0 Å². The minimum atomic E-state index is -0.498. The lowest BCUT2D eigenvalue weighted by atomic mass is 10.3. The highest BCUT2D eigenvalue weighted by Crippen LogP contribution is 2.08. The molecule has 0 aromatic carbocycles.